The molecule has 0 saturated carbocycles. The number of ether oxygens (including phenoxy) is 2. The first-order chi connectivity index (χ1) is 10.1. The Kier molecular flexibility index (Phi) is 5.26. The number of hydrogen-bond acceptors (Lipinski definition) is 2. The van der Waals surface area contributed by atoms with E-state index in [4.69, 9.17) is 9.47 Å². The molecule has 2 rings (SSSR count). The van der Waals surface area contributed by atoms with Gasteiger partial charge in [0.1, 0.15) is 17.6 Å². The Morgan fingerprint density at radius 3 is 2.24 bits per heavy atom. The molecule has 0 aliphatic heterocycles. The number of hydrogen-bond donors (Lipinski definition) is 0. The lowest BCUT2D eigenvalue weighted by atomic mass is 9.99. The van der Waals surface area contributed by atoms with Gasteiger partial charge in [0, 0.05) is 0 Å². The molecule has 0 N–H and O–H groups in total. The van der Waals surface area contributed by atoms with Crippen LogP contribution in [-0.4, -0.2) is 7.11 Å². The second-order valence-electron chi connectivity index (χ2n) is 5.42. The molecule has 0 saturated heterocycles. The van der Waals surface area contributed by atoms with Crippen LogP contribution in [0.3, 0.4) is 0 Å². The molecular weight excluding hydrogens is 260 g/mol. The van der Waals surface area contributed by atoms with E-state index in [9.17, 15) is 0 Å². The fraction of sp³-hybridized carbons (Fsp3) is 0.368. The van der Waals surface area contributed by atoms with Gasteiger partial charge in [0.15, 0.2) is 0 Å². The molecule has 0 heterocycles. The zero-order valence-electron chi connectivity index (χ0n) is 13.3. The molecule has 2 unspecified atom stereocenters. The molecular formula is C19H24O2. The van der Waals surface area contributed by atoms with Crippen LogP contribution in [0.25, 0.3) is 0 Å². The third-order valence-electron chi connectivity index (χ3n) is 3.94. The summed E-state index contributed by atoms with van der Waals surface area (Å²) in [6.45, 7) is 6.52. The van der Waals surface area contributed by atoms with Gasteiger partial charge in [0.25, 0.3) is 0 Å². The molecule has 0 fully saturated rings. The van der Waals surface area contributed by atoms with Gasteiger partial charge in [-0.3, -0.25) is 0 Å². The maximum Gasteiger partial charge on any atom is 0.121 e. The van der Waals surface area contributed by atoms with Gasteiger partial charge >= 0.3 is 0 Å². The summed E-state index contributed by atoms with van der Waals surface area (Å²) in [5.41, 5.74) is 2.47. The normalized spacial score (nSPS) is 13.5. The average Bonchev–Trinajstić information content (AvgIpc) is 2.54. The van der Waals surface area contributed by atoms with Gasteiger partial charge in [-0.2, -0.15) is 0 Å². The highest BCUT2D eigenvalue weighted by atomic mass is 16.5. The summed E-state index contributed by atoms with van der Waals surface area (Å²) in [4.78, 5) is 0. The van der Waals surface area contributed by atoms with Crippen molar-refractivity contribution in [3.8, 4) is 11.5 Å². The highest BCUT2D eigenvalue weighted by Crippen LogP contribution is 2.27. The van der Waals surface area contributed by atoms with Crippen LogP contribution in [0.5, 0.6) is 11.5 Å². The molecule has 2 atom stereocenters. The summed E-state index contributed by atoms with van der Waals surface area (Å²) in [6, 6.07) is 16.4. The van der Waals surface area contributed by atoms with Gasteiger partial charge in [-0.15, -0.1) is 0 Å². The van der Waals surface area contributed by atoms with Crippen LogP contribution in [-0.2, 0) is 0 Å². The monoisotopic (exact) mass is 284 g/mol. The minimum absolute atomic E-state index is 0.0167. The Bertz CT molecular complexity index is 560. The minimum Gasteiger partial charge on any atom is -0.497 e. The van der Waals surface area contributed by atoms with Crippen LogP contribution in [0.15, 0.2) is 48.5 Å². The van der Waals surface area contributed by atoms with Crippen LogP contribution in [0, 0.1) is 0 Å². The molecule has 0 aliphatic rings. The van der Waals surface area contributed by atoms with Crippen LogP contribution >= 0.6 is 0 Å². The number of benzene rings is 2. The van der Waals surface area contributed by atoms with Crippen molar-refractivity contribution in [3.63, 3.8) is 0 Å². The molecule has 0 radical (unpaired) electrons. The summed E-state index contributed by atoms with van der Waals surface area (Å²) in [7, 11) is 1.68. The summed E-state index contributed by atoms with van der Waals surface area (Å²) in [6.07, 6.45) is 1.15. The van der Waals surface area contributed by atoms with Crippen molar-refractivity contribution < 1.29 is 9.47 Å². The van der Waals surface area contributed by atoms with Crippen molar-refractivity contribution >= 4 is 0 Å². The largest absolute Gasteiger partial charge is 0.497 e. The van der Waals surface area contributed by atoms with E-state index in [2.05, 4.69) is 39.0 Å². The maximum absolute atomic E-state index is 6.07. The molecule has 2 heteroatoms. The smallest absolute Gasteiger partial charge is 0.121 e. The van der Waals surface area contributed by atoms with E-state index in [1.165, 1.54) is 5.56 Å². The fourth-order valence-electron chi connectivity index (χ4n) is 2.28. The van der Waals surface area contributed by atoms with E-state index in [0.717, 1.165) is 23.5 Å². The number of methoxy groups -OCH3 is 1. The Hall–Kier alpha value is -1.96. The lowest BCUT2D eigenvalue weighted by molar-refractivity contribution is 0.226. The molecule has 0 spiro atoms. The predicted molar refractivity (Wildman–Crippen MR) is 87.2 cm³/mol. The van der Waals surface area contributed by atoms with Gasteiger partial charge in [0.2, 0.25) is 0 Å². The number of rotatable bonds is 6. The first-order valence-electron chi connectivity index (χ1n) is 7.54. The zero-order valence-corrected chi connectivity index (χ0v) is 13.3. The first-order valence-corrected chi connectivity index (χ1v) is 7.54. The summed E-state index contributed by atoms with van der Waals surface area (Å²) < 4.78 is 11.2. The van der Waals surface area contributed by atoms with Crippen LogP contribution < -0.4 is 9.47 Å². The van der Waals surface area contributed by atoms with Crippen molar-refractivity contribution in [2.45, 2.75) is 39.2 Å². The zero-order chi connectivity index (χ0) is 15.2. The summed E-state index contributed by atoms with van der Waals surface area (Å²) in [5, 5.41) is 0. The van der Waals surface area contributed by atoms with Gasteiger partial charge in [-0.05, 0) is 54.7 Å². The third kappa shape index (κ3) is 4.01. The SMILES string of the molecule is CCC(C)c1cccc(OC(C)c2ccc(OC)cc2)c1. The van der Waals surface area contributed by atoms with Gasteiger partial charge < -0.3 is 9.47 Å². The highest BCUT2D eigenvalue weighted by Gasteiger charge is 2.09. The molecule has 2 aromatic rings. The molecule has 112 valence electrons. The van der Waals surface area contributed by atoms with E-state index in [1.54, 1.807) is 7.11 Å². The Labute approximate surface area is 127 Å². The van der Waals surface area contributed by atoms with Gasteiger partial charge in [-0.1, -0.05) is 38.1 Å². The second-order valence-corrected chi connectivity index (χ2v) is 5.42. The Morgan fingerprint density at radius 1 is 0.905 bits per heavy atom. The molecule has 21 heavy (non-hydrogen) atoms. The van der Waals surface area contributed by atoms with Crippen molar-refractivity contribution in [3.05, 3.63) is 59.7 Å². The van der Waals surface area contributed by atoms with Crippen molar-refractivity contribution in [2.75, 3.05) is 7.11 Å². The summed E-state index contributed by atoms with van der Waals surface area (Å²) in [5.74, 6) is 2.35. The van der Waals surface area contributed by atoms with Crippen molar-refractivity contribution in [1.82, 2.24) is 0 Å². The van der Waals surface area contributed by atoms with E-state index in [0.29, 0.717) is 5.92 Å². The minimum atomic E-state index is 0.0167. The molecule has 0 aromatic heterocycles. The highest BCUT2D eigenvalue weighted by molar-refractivity contribution is 5.32. The topological polar surface area (TPSA) is 18.5 Å². The van der Waals surface area contributed by atoms with E-state index < -0.39 is 0 Å². The van der Waals surface area contributed by atoms with Gasteiger partial charge in [0.05, 0.1) is 7.11 Å². The van der Waals surface area contributed by atoms with Crippen LogP contribution in [0.2, 0.25) is 0 Å². The summed E-state index contributed by atoms with van der Waals surface area (Å²) >= 11 is 0. The van der Waals surface area contributed by atoms with Gasteiger partial charge in [-0.25, -0.2) is 0 Å². The standard InChI is InChI=1S/C19H24O2/c1-5-14(2)17-7-6-8-19(13-17)21-15(3)16-9-11-18(20-4)12-10-16/h6-15H,5H2,1-4H3. The van der Waals surface area contributed by atoms with Crippen LogP contribution in [0.1, 0.15) is 50.3 Å². The lowest BCUT2D eigenvalue weighted by Gasteiger charge is -2.17. The quantitative estimate of drug-likeness (QED) is 0.712. The second kappa shape index (κ2) is 7.16. The van der Waals surface area contributed by atoms with Crippen molar-refractivity contribution in [1.29, 1.82) is 0 Å². The Morgan fingerprint density at radius 2 is 1.62 bits per heavy atom. The molecule has 2 nitrogen and oxygen atoms in total. The molecule has 2 aromatic carbocycles. The van der Waals surface area contributed by atoms with E-state index in [-0.39, 0.29) is 6.10 Å². The third-order valence-corrected chi connectivity index (χ3v) is 3.94. The Balaban J connectivity index is 2.09. The molecule has 0 aliphatic carbocycles. The molecule has 0 bridgehead atoms. The predicted octanol–water partition coefficient (Wildman–Crippen LogP) is 5.35. The fourth-order valence-corrected chi connectivity index (χ4v) is 2.28. The van der Waals surface area contributed by atoms with Crippen LogP contribution in [0.4, 0.5) is 0 Å². The first kappa shape index (κ1) is 15.4. The average molecular weight is 284 g/mol. The van der Waals surface area contributed by atoms with E-state index in [1.807, 2.05) is 30.3 Å². The lowest BCUT2D eigenvalue weighted by Crippen LogP contribution is -2.03. The van der Waals surface area contributed by atoms with Crippen molar-refractivity contribution in [2.24, 2.45) is 0 Å². The maximum atomic E-state index is 6.07. The van der Waals surface area contributed by atoms with E-state index >= 15 is 0 Å². The molecule has 0 amide bonds.